The molecule has 0 aliphatic carbocycles. The van der Waals surface area contributed by atoms with Gasteiger partial charge in [-0.3, -0.25) is 4.21 Å². The summed E-state index contributed by atoms with van der Waals surface area (Å²) in [6.45, 7) is 3.72. The van der Waals surface area contributed by atoms with Crippen LogP contribution in [0.25, 0.3) is 0 Å². The molecule has 4 heteroatoms. The number of rotatable bonds is 1. The molecule has 0 aromatic heterocycles. The third-order valence-corrected chi connectivity index (χ3v) is 2.33. The molecule has 1 aromatic rings. The minimum absolute atomic E-state index is 0. The van der Waals surface area contributed by atoms with Gasteiger partial charge in [0.1, 0.15) is 0 Å². The molecule has 0 saturated carbocycles. The molecule has 0 heterocycles. The Labute approximate surface area is 117 Å². The van der Waals surface area contributed by atoms with Crippen LogP contribution in [0.2, 0.25) is 0 Å². The van der Waals surface area contributed by atoms with Gasteiger partial charge in [0.25, 0.3) is 0 Å². The van der Waals surface area contributed by atoms with Crippen molar-refractivity contribution in [2.75, 3.05) is 0 Å². The first-order valence-corrected chi connectivity index (χ1v) is 4.35. The Hall–Kier alpha value is 0.966. The van der Waals surface area contributed by atoms with Gasteiger partial charge in [0.15, 0.2) is 0 Å². The summed E-state index contributed by atoms with van der Waals surface area (Å²) < 4.78 is 21.1. The first kappa shape index (κ1) is 13.0. The third kappa shape index (κ3) is 3.37. The molecule has 0 aliphatic rings. The van der Waals surface area contributed by atoms with Gasteiger partial charge in [-0.15, -0.1) is 0 Å². The molecule has 0 aliphatic heterocycles. The van der Waals surface area contributed by atoms with Crippen LogP contribution < -0.4 is 51.4 Å². The van der Waals surface area contributed by atoms with Gasteiger partial charge in [-0.25, -0.2) is 0 Å². The van der Waals surface area contributed by atoms with Crippen LogP contribution in [-0.4, -0.2) is 8.76 Å². The Morgan fingerprint density at radius 1 is 1.33 bits per heavy atom. The monoisotopic (exact) mass is 208 g/mol. The number of benzene rings is 1. The summed E-state index contributed by atoms with van der Waals surface area (Å²) >= 11 is -2.10. The van der Waals surface area contributed by atoms with Crippen LogP contribution in [0.4, 0.5) is 0 Å². The maximum absolute atomic E-state index is 10.5. The van der Waals surface area contributed by atoms with Crippen molar-refractivity contribution < 1.29 is 60.1 Å². The van der Waals surface area contributed by atoms with E-state index < -0.39 is 11.1 Å². The Bertz CT molecular complexity index is 299. The van der Waals surface area contributed by atoms with Gasteiger partial charge in [0.05, 0.1) is 0 Å². The van der Waals surface area contributed by atoms with Gasteiger partial charge >= 0.3 is 51.4 Å². The van der Waals surface area contributed by atoms with Crippen LogP contribution in [0.5, 0.6) is 0 Å². The number of aryl methyl sites for hydroxylation is 2. The van der Waals surface area contributed by atoms with E-state index in [1.54, 1.807) is 19.1 Å². The topological polar surface area (TPSA) is 40.1 Å². The molecular formula is C8H9KO2S. The molecule has 1 aromatic carbocycles. The normalized spacial score (nSPS) is 11.9. The average Bonchev–Trinajstić information content (AvgIpc) is 1.85. The minimum atomic E-state index is -2.10. The van der Waals surface area contributed by atoms with Crippen LogP contribution in [0.15, 0.2) is 23.1 Å². The smallest absolute Gasteiger partial charge is 0.768 e. The minimum Gasteiger partial charge on any atom is -0.768 e. The van der Waals surface area contributed by atoms with E-state index in [1.165, 1.54) is 0 Å². The van der Waals surface area contributed by atoms with E-state index in [2.05, 4.69) is 0 Å². The fourth-order valence-electron chi connectivity index (χ4n) is 0.986. The number of hydrogen-bond donors (Lipinski definition) is 0. The summed E-state index contributed by atoms with van der Waals surface area (Å²) in [6.07, 6.45) is 0. The van der Waals surface area contributed by atoms with Crippen molar-refractivity contribution in [3.8, 4) is 0 Å². The summed E-state index contributed by atoms with van der Waals surface area (Å²) in [4.78, 5) is 0.385. The van der Waals surface area contributed by atoms with Crippen molar-refractivity contribution in [2.24, 2.45) is 0 Å². The molecule has 0 amide bonds. The van der Waals surface area contributed by atoms with Gasteiger partial charge in [0, 0.05) is 4.90 Å². The second-order valence-electron chi connectivity index (χ2n) is 2.50. The zero-order chi connectivity index (χ0) is 8.43. The van der Waals surface area contributed by atoms with Crippen molar-refractivity contribution in [1.29, 1.82) is 0 Å². The van der Waals surface area contributed by atoms with Crippen LogP contribution in [0.3, 0.4) is 0 Å². The third-order valence-electron chi connectivity index (χ3n) is 1.51. The Balaban J connectivity index is 0.00000121. The van der Waals surface area contributed by atoms with Gasteiger partial charge in [-0.05, 0) is 36.6 Å². The molecule has 0 radical (unpaired) electrons. The molecule has 12 heavy (non-hydrogen) atoms. The van der Waals surface area contributed by atoms with E-state index in [0.717, 1.165) is 11.1 Å². The Kier molecular flexibility index (Phi) is 6.10. The van der Waals surface area contributed by atoms with E-state index in [1.807, 2.05) is 13.0 Å². The van der Waals surface area contributed by atoms with Gasteiger partial charge in [0.2, 0.25) is 0 Å². The van der Waals surface area contributed by atoms with Crippen molar-refractivity contribution in [3.63, 3.8) is 0 Å². The molecular weight excluding hydrogens is 199 g/mol. The molecule has 60 valence electrons. The molecule has 1 rings (SSSR count). The quantitative estimate of drug-likeness (QED) is 0.418. The molecule has 1 unspecified atom stereocenters. The summed E-state index contributed by atoms with van der Waals surface area (Å²) in [5.41, 5.74) is 1.88. The predicted octanol–water partition coefficient (Wildman–Crippen LogP) is -1.45. The standard InChI is InChI=1S/C8H10O2S.K/c1-6-3-4-8(11(9)10)7(2)5-6;/h3-5H,1-2H3,(H,9,10);/q;+1/p-1. The van der Waals surface area contributed by atoms with Crippen LogP contribution >= 0.6 is 0 Å². The average molecular weight is 208 g/mol. The number of hydrogen-bond acceptors (Lipinski definition) is 2. The maximum atomic E-state index is 10.5. The molecule has 1 atom stereocenters. The second-order valence-corrected chi connectivity index (χ2v) is 3.41. The Morgan fingerprint density at radius 3 is 2.33 bits per heavy atom. The zero-order valence-corrected chi connectivity index (χ0v) is 11.4. The molecule has 0 bridgehead atoms. The predicted molar refractivity (Wildman–Crippen MR) is 43.1 cm³/mol. The SMILES string of the molecule is Cc1ccc(S(=O)[O-])c(C)c1.[K+]. The van der Waals surface area contributed by atoms with Crippen LogP contribution in [0.1, 0.15) is 11.1 Å². The van der Waals surface area contributed by atoms with E-state index in [4.69, 9.17) is 0 Å². The van der Waals surface area contributed by atoms with Crippen molar-refractivity contribution in [1.82, 2.24) is 0 Å². The van der Waals surface area contributed by atoms with E-state index in [0.29, 0.717) is 4.90 Å². The fourth-order valence-corrected chi connectivity index (χ4v) is 1.49. The van der Waals surface area contributed by atoms with E-state index in [9.17, 15) is 8.76 Å². The summed E-state index contributed by atoms with van der Waals surface area (Å²) in [5.74, 6) is 0. The summed E-state index contributed by atoms with van der Waals surface area (Å²) in [5, 5.41) is 0. The van der Waals surface area contributed by atoms with Gasteiger partial charge in [-0.1, -0.05) is 17.7 Å². The first-order valence-electron chi connectivity index (χ1n) is 3.28. The summed E-state index contributed by atoms with van der Waals surface area (Å²) in [7, 11) is 0. The fraction of sp³-hybridized carbons (Fsp3) is 0.250. The van der Waals surface area contributed by atoms with Crippen LogP contribution in [0, 0.1) is 13.8 Å². The van der Waals surface area contributed by atoms with Crippen LogP contribution in [-0.2, 0) is 11.1 Å². The largest absolute Gasteiger partial charge is 1.00 e. The van der Waals surface area contributed by atoms with Crippen molar-refractivity contribution >= 4 is 11.1 Å². The maximum Gasteiger partial charge on any atom is 1.00 e. The molecule has 0 saturated heterocycles. The molecule has 0 spiro atoms. The molecule has 2 nitrogen and oxygen atoms in total. The van der Waals surface area contributed by atoms with Gasteiger partial charge in [-0.2, -0.15) is 0 Å². The van der Waals surface area contributed by atoms with Gasteiger partial charge < -0.3 is 4.55 Å². The van der Waals surface area contributed by atoms with E-state index in [-0.39, 0.29) is 51.4 Å². The van der Waals surface area contributed by atoms with Crippen molar-refractivity contribution in [2.45, 2.75) is 18.7 Å². The molecule has 0 N–H and O–H groups in total. The Morgan fingerprint density at radius 2 is 1.92 bits per heavy atom. The van der Waals surface area contributed by atoms with Crippen molar-refractivity contribution in [3.05, 3.63) is 29.3 Å². The first-order chi connectivity index (χ1) is 5.11. The second kappa shape index (κ2) is 5.65. The molecule has 0 fully saturated rings. The van der Waals surface area contributed by atoms with E-state index >= 15 is 0 Å². The summed E-state index contributed by atoms with van der Waals surface area (Å²) in [6, 6.07) is 5.26. The zero-order valence-electron chi connectivity index (χ0n) is 7.46.